The molecule has 1 aromatic carbocycles. The molecule has 126 valence electrons. The highest BCUT2D eigenvalue weighted by Crippen LogP contribution is 2.41. The molecule has 2 aliphatic heterocycles. The predicted octanol–water partition coefficient (Wildman–Crippen LogP) is 3.02. The van der Waals surface area contributed by atoms with Crippen LogP contribution in [0.4, 0.5) is 0 Å². The zero-order valence-electron chi connectivity index (χ0n) is 14.4. The molecule has 2 heterocycles. The number of hydrogen-bond donors (Lipinski definition) is 1. The fourth-order valence-corrected chi connectivity index (χ4v) is 3.77. The second-order valence-corrected chi connectivity index (χ2v) is 7.58. The average Bonchev–Trinajstić information content (AvgIpc) is 2.73. The number of ether oxygens (including phenoxy) is 2. The average molecular weight is 318 g/mol. The van der Waals surface area contributed by atoms with Crippen LogP contribution >= 0.6 is 0 Å². The van der Waals surface area contributed by atoms with Crippen molar-refractivity contribution in [2.75, 3.05) is 0 Å². The summed E-state index contributed by atoms with van der Waals surface area (Å²) in [5.74, 6) is 0.729. The molecule has 2 unspecified atom stereocenters. The summed E-state index contributed by atoms with van der Waals surface area (Å²) in [4.78, 5) is 11.5. The number of carbonyl (C=O) groups excluding carboxylic acids is 1. The van der Waals surface area contributed by atoms with Gasteiger partial charge in [-0.3, -0.25) is 4.79 Å². The summed E-state index contributed by atoms with van der Waals surface area (Å²) in [6.45, 7) is 8.48. The Labute approximate surface area is 137 Å². The number of benzene rings is 1. The number of rotatable bonds is 3. The SMILES string of the molecule is Cc1cc(C)c2c(c1CCC1CC(O)CC(=O)O1)OC(C)(C)C2. The molecular formula is C19H26O4. The van der Waals surface area contributed by atoms with E-state index in [-0.39, 0.29) is 24.1 Å². The zero-order chi connectivity index (χ0) is 16.8. The Morgan fingerprint density at radius 2 is 2.04 bits per heavy atom. The van der Waals surface area contributed by atoms with Crippen molar-refractivity contribution in [3.05, 3.63) is 28.3 Å². The van der Waals surface area contributed by atoms with Crippen LogP contribution in [0.3, 0.4) is 0 Å². The second kappa shape index (κ2) is 5.82. The van der Waals surface area contributed by atoms with Crippen LogP contribution in [-0.4, -0.2) is 28.9 Å². The molecule has 2 atom stereocenters. The molecule has 1 N–H and O–H groups in total. The summed E-state index contributed by atoms with van der Waals surface area (Å²) >= 11 is 0. The second-order valence-electron chi connectivity index (χ2n) is 7.58. The third-order valence-electron chi connectivity index (χ3n) is 4.87. The topological polar surface area (TPSA) is 55.8 Å². The minimum absolute atomic E-state index is 0.118. The van der Waals surface area contributed by atoms with E-state index in [1.54, 1.807) is 0 Å². The maximum absolute atomic E-state index is 11.5. The van der Waals surface area contributed by atoms with Gasteiger partial charge in [-0.25, -0.2) is 0 Å². The summed E-state index contributed by atoms with van der Waals surface area (Å²) < 4.78 is 11.6. The standard InChI is InChI=1S/C19H26O4/c1-11-7-12(2)16-10-19(3,4)23-18(16)15(11)6-5-14-8-13(20)9-17(21)22-14/h7,13-14,20H,5-6,8-10H2,1-4H3. The summed E-state index contributed by atoms with van der Waals surface area (Å²) in [5.41, 5.74) is 4.86. The molecule has 0 amide bonds. The van der Waals surface area contributed by atoms with Crippen LogP contribution in [0.1, 0.15) is 55.4 Å². The fourth-order valence-electron chi connectivity index (χ4n) is 3.77. The van der Waals surface area contributed by atoms with Crippen LogP contribution in [0.25, 0.3) is 0 Å². The molecule has 0 radical (unpaired) electrons. The molecule has 0 bridgehead atoms. The minimum atomic E-state index is -0.568. The largest absolute Gasteiger partial charge is 0.487 e. The number of carbonyl (C=O) groups is 1. The molecule has 1 aromatic rings. The summed E-state index contributed by atoms with van der Waals surface area (Å²) in [7, 11) is 0. The van der Waals surface area contributed by atoms with Crippen molar-refractivity contribution in [3.63, 3.8) is 0 Å². The summed E-state index contributed by atoms with van der Waals surface area (Å²) in [5, 5.41) is 9.74. The third kappa shape index (κ3) is 3.37. The molecule has 1 fully saturated rings. The van der Waals surface area contributed by atoms with Crippen molar-refractivity contribution in [2.24, 2.45) is 0 Å². The molecule has 3 rings (SSSR count). The van der Waals surface area contributed by atoms with Gasteiger partial charge in [0, 0.05) is 18.4 Å². The van der Waals surface area contributed by atoms with Crippen molar-refractivity contribution in [3.8, 4) is 5.75 Å². The van der Waals surface area contributed by atoms with E-state index in [4.69, 9.17) is 9.47 Å². The van der Waals surface area contributed by atoms with E-state index in [1.807, 2.05) is 0 Å². The van der Waals surface area contributed by atoms with Gasteiger partial charge in [0.15, 0.2) is 0 Å². The zero-order valence-corrected chi connectivity index (χ0v) is 14.4. The number of aryl methyl sites for hydroxylation is 2. The molecule has 4 heteroatoms. The first-order valence-electron chi connectivity index (χ1n) is 8.43. The van der Waals surface area contributed by atoms with Crippen molar-refractivity contribution in [1.29, 1.82) is 0 Å². The van der Waals surface area contributed by atoms with Crippen LogP contribution in [0.2, 0.25) is 0 Å². The maximum Gasteiger partial charge on any atom is 0.308 e. The van der Waals surface area contributed by atoms with Gasteiger partial charge in [0.2, 0.25) is 0 Å². The van der Waals surface area contributed by atoms with Gasteiger partial charge < -0.3 is 14.6 Å². The first-order valence-corrected chi connectivity index (χ1v) is 8.43. The smallest absolute Gasteiger partial charge is 0.308 e. The molecule has 2 aliphatic rings. The van der Waals surface area contributed by atoms with Crippen molar-refractivity contribution < 1.29 is 19.4 Å². The lowest BCUT2D eigenvalue weighted by Gasteiger charge is -2.26. The molecule has 0 saturated carbocycles. The highest BCUT2D eigenvalue weighted by Gasteiger charge is 2.34. The summed E-state index contributed by atoms with van der Waals surface area (Å²) in [6, 6.07) is 2.22. The fraction of sp³-hybridized carbons (Fsp3) is 0.632. The number of aliphatic hydroxyl groups excluding tert-OH is 1. The Morgan fingerprint density at radius 3 is 2.74 bits per heavy atom. The quantitative estimate of drug-likeness (QED) is 0.871. The number of cyclic esters (lactones) is 1. The van der Waals surface area contributed by atoms with Gasteiger partial charge in [-0.15, -0.1) is 0 Å². The lowest BCUT2D eigenvalue weighted by Crippen LogP contribution is -2.32. The van der Waals surface area contributed by atoms with Gasteiger partial charge in [0.25, 0.3) is 0 Å². The van der Waals surface area contributed by atoms with E-state index in [0.717, 1.165) is 25.0 Å². The highest BCUT2D eigenvalue weighted by atomic mass is 16.5. The lowest BCUT2D eigenvalue weighted by atomic mass is 9.91. The van der Waals surface area contributed by atoms with Gasteiger partial charge in [-0.05, 0) is 57.2 Å². The molecule has 1 saturated heterocycles. The van der Waals surface area contributed by atoms with E-state index in [1.165, 1.54) is 22.3 Å². The Hall–Kier alpha value is -1.55. The lowest BCUT2D eigenvalue weighted by molar-refractivity contribution is -0.160. The Kier molecular flexibility index (Phi) is 4.13. The Morgan fingerprint density at radius 1 is 1.30 bits per heavy atom. The van der Waals surface area contributed by atoms with Crippen LogP contribution in [0.15, 0.2) is 6.07 Å². The van der Waals surface area contributed by atoms with Crippen LogP contribution in [0.5, 0.6) is 5.75 Å². The third-order valence-corrected chi connectivity index (χ3v) is 4.87. The molecule has 4 nitrogen and oxygen atoms in total. The first kappa shape index (κ1) is 16.3. The molecule has 23 heavy (non-hydrogen) atoms. The number of hydrogen-bond acceptors (Lipinski definition) is 4. The molecule has 0 spiro atoms. The van der Waals surface area contributed by atoms with Gasteiger partial charge in [0.1, 0.15) is 17.5 Å². The van der Waals surface area contributed by atoms with Crippen molar-refractivity contribution in [2.45, 2.75) is 77.6 Å². The van der Waals surface area contributed by atoms with Crippen LogP contribution < -0.4 is 4.74 Å². The molecular weight excluding hydrogens is 292 g/mol. The van der Waals surface area contributed by atoms with Crippen molar-refractivity contribution in [1.82, 2.24) is 0 Å². The van der Waals surface area contributed by atoms with E-state index >= 15 is 0 Å². The first-order chi connectivity index (χ1) is 10.7. The van der Waals surface area contributed by atoms with E-state index in [0.29, 0.717) is 6.42 Å². The van der Waals surface area contributed by atoms with Crippen molar-refractivity contribution >= 4 is 5.97 Å². The van der Waals surface area contributed by atoms with Gasteiger partial charge >= 0.3 is 5.97 Å². The van der Waals surface area contributed by atoms with E-state index < -0.39 is 6.10 Å². The minimum Gasteiger partial charge on any atom is -0.487 e. The highest BCUT2D eigenvalue weighted by molar-refractivity contribution is 5.71. The maximum atomic E-state index is 11.5. The normalized spacial score (nSPS) is 25.7. The number of aliphatic hydroxyl groups is 1. The van der Waals surface area contributed by atoms with E-state index in [2.05, 4.69) is 33.8 Å². The molecule has 0 aromatic heterocycles. The van der Waals surface area contributed by atoms with Gasteiger partial charge in [0.05, 0.1) is 12.5 Å². The Bertz CT molecular complexity index is 633. The van der Waals surface area contributed by atoms with Gasteiger partial charge in [-0.1, -0.05) is 6.07 Å². The Balaban J connectivity index is 1.79. The number of esters is 1. The summed E-state index contributed by atoms with van der Waals surface area (Å²) in [6.07, 6.45) is 2.34. The van der Waals surface area contributed by atoms with Crippen LogP contribution in [0, 0.1) is 13.8 Å². The molecule has 0 aliphatic carbocycles. The predicted molar refractivity (Wildman–Crippen MR) is 87.8 cm³/mol. The van der Waals surface area contributed by atoms with Gasteiger partial charge in [-0.2, -0.15) is 0 Å². The number of fused-ring (bicyclic) bond motifs is 1. The van der Waals surface area contributed by atoms with E-state index in [9.17, 15) is 9.90 Å². The van der Waals surface area contributed by atoms with Crippen LogP contribution in [-0.2, 0) is 22.4 Å². The monoisotopic (exact) mass is 318 g/mol.